The van der Waals surface area contributed by atoms with Gasteiger partial charge < -0.3 is 25.5 Å². The van der Waals surface area contributed by atoms with Gasteiger partial charge >= 0.3 is 0 Å². The molecule has 45 heavy (non-hydrogen) atoms. The van der Waals surface area contributed by atoms with Gasteiger partial charge in [0.05, 0.1) is 12.1 Å². The van der Waals surface area contributed by atoms with Crippen LogP contribution in [0.3, 0.4) is 0 Å². The second-order valence-corrected chi connectivity index (χ2v) is 11.5. The molecule has 8 nitrogen and oxygen atoms in total. The van der Waals surface area contributed by atoms with Gasteiger partial charge in [-0.15, -0.1) is 0 Å². The van der Waals surface area contributed by atoms with Crippen molar-refractivity contribution in [2.24, 2.45) is 0 Å². The zero-order valence-corrected chi connectivity index (χ0v) is 26.7. The van der Waals surface area contributed by atoms with Crippen LogP contribution in [0.4, 0.5) is 8.78 Å². The summed E-state index contributed by atoms with van der Waals surface area (Å²) in [4.78, 5) is 42.4. The Bertz CT molecular complexity index is 1450. The highest BCUT2D eigenvalue weighted by Gasteiger charge is 2.24. The van der Waals surface area contributed by atoms with E-state index in [2.05, 4.69) is 10.6 Å². The number of amides is 3. The zero-order chi connectivity index (χ0) is 33.1. The van der Waals surface area contributed by atoms with Crippen LogP contribution in [0.1, 0.15) is 74.5 Å². The topological polar surface area (TPSA) is 102 Å². The maximum absolute atomic E-state index is 14.0. The molecule has 0 spiro atoms. The number of nitrogens with zero attached hydrogens (tertiary/aromatic N) is 2. The van der Waals surface area contributed by atoms with Crippen LogP contribution in [0.25, 0.3) is 0 Å². The van der Waals surface area contributed by atoms with Crippen molar-refractivity contribution in [3.63, 3.8) is 0 Å². The molecule has 0 aliphatic carbocycles. The molecule has 0 aromatic heterocycles. The highest BCUT2D eigenvalue weighted by Crippen LogP contribution is 2.16. The highest BCUT2D eigenvalue weighted by atomic mass is 19.1. The predicted molar refractivity (Wildman–Crippen MR) is 171 cm³/mol. The van der Waals surface area contributed by atoms with Crippen LogP contribution in [0.2, 0.25) is 0 Å². The Balaban J connectivity index is 1.80. The largest absolute Gasteiger partial charge is 0.390 e. The van der Waals surface area contributed by atoms with E-state index >= 15 is 0 Å². The fraction of sp³-hybridized carbons (Fsp3) is 0.400. The minimum Gasteiger partial charge on any atom is -0.390 e. The summed E-state index contributed by atoms with van der Waals surface area (Å²) in [5.41, 5.74) is 2.97. The Hall–Kier alpha value is -4.15. The quantitative estimate of drug-likeness (QED) is 0.228. The van der Waals surface area contributed by atoms with Crippen molar-refractivity contribution < 1.29 is 28.3 Å². The fourth-order valence-corrected chi connectivity index (χ4v) is 5.17. The number of hydrogen-bond donors (Lipinski definition) is 3. The first-order valence-electron chi connectivity index (χ1n) is 15.3. The van der Waals surface area contributed by atoms with Crippen LogP contribution in [0.5, 0.6) is 0 Å². The van der Waals surface area contributed by atoms with Crippen molar-refractivity contribution in [2.45, 2.75) is 58.7 Å². The number of carbonyl (C=O) groups is 3. The van der Waals surface area contributed by atoms with Crippen molar-refractivity contribution in [3.8, 4) is 0 Å². The predicted octanol–water partition coefficient (Wildman–Crippen LogP) is 4.73. The fourth-order valence-electron chi connectivity index (χ4n) is 5.17. The lowest BCUT2D eigenvalue weighted by Crippen LogP contribution is -2.48. The number of aliphatic hydroxyl groups is 1. The summed E-state index contributed by atoms with van der Waals surface area (Å²) in [6, 6.07) is 14.2. The van der Waals surface area contributed by atoms with Crippen LogP contribution in [0, 0.1) is 18.6 Å². The van der Waals surface area contributed by atoms with Crippen molar-refractivity contribution in [2.75, 3.05) is 33.7 Å². The summed E-state index contributed by atoms with van der Waals surface area (Å²) in [5, 5.41) is 17.2. The van der Waals surface area contributed by atoms with Gasteiger partial charge in [0.25, 0.3) is 17.7 Å². The highest BCUT2D eigenvalue weighted by molar-refractivity contribution is 6.00. The van der Waals surface area contributed by atoms with Gasteiger partial charge in [-0.05, 0) is 85.3 Å². The van der Waals surface area contributed by atoms with E-state index in [0.717, 1.165) is 42.2 Å². The van der Waals surface area contributed by atoms with Crippen molar-refractivity contribution in [1.29, 1.82) is 0 Å². The molecule has 0 unspecified atom stereocenters. The molecular weight excluding hydrogens is 578 g/mol. The van der Waals surface area contributed by atoms with Gasteiger partial charge in [-0.3, -0.25) is 14.4 Å². The molecule has 0 aliphatic rings. The molecule has 2 atom stereocenters. The molecule has 0 heterocycles. The summed E-state index contributed by atoms with van der Waals surface area (Å²) in [7, 11) is 3.34. The molecule has 242 valence electrons. The van der Waals surface area contributed by atoms with E-state index in [-0.39, 0.29) is 35.9 Å². The van der Waals surface area contributed by atoms with E-state index in [1.165, 1.54) is 11.0 Å². The van der Waals surface area contributed by atoms with Crippen LogP contribution in [-0.2, 0) is 13.0 Å². The van der Waals surface area contributed by atoms with Crippen LogP contribution < -0.4 is 10.6 Å². The van der Waals surface area contributed by atoms with Crippen LogP contribution in [0.15, 0.2) is 60.7 Å². The van der Waals surface area contributed by atoms with E-state index < -0.39 is 29.7 Å². The summed E-state index contributed by atoms with van der Waals surface area (Å²) in [6.07, 6.45) is 0.411. The Kier molecular flexibility index (Phi) is 13.2. The van der Waals surface area contributed by atoms with Crippen molar-refractivity contribution in [1.82, 2.24) is 20.4 Å². The number of rotatable bonds is 15. The molecule has 0 saturated carbocycles. The molecule has 3 amide bonds. The first kappa shape index (κ1) is 35.3. The maximum atomic E-state index is 14.0. The number of carbonyl (C=O) groups excluding carboxylic acids is 3. The lowest BCUT2D eigenvalue weighted by molar-refractivity contribution is 0.0754. The molecule has 0 radical (unpaired) electrons. The number of nitrogens with one attached hydrogen (secondary N) is 2. The summed E-state index contributed by atoms with van der Waals surface area (Å²) < 4.78 is 28.0. The summed E-state index contributed by atoms with van der Waals surface area (Å²) >= 11 is 0. The number of aryl methyl sites for hydroxylation is 1. The van der Waals surface area contributed by atoms with Gasteiger partial charge in [-0.2, -0.15) is 0 Å². The molecule has 3 aromatic carbocycles. The monoisotopic (exact) mass is 622 g/mol. The SMILES string of the molecule is CCCN(CCC)C(=O)c1cc(C)cc(C(=O)N[C@@H](Cc2cc(F)cc(F)c2)[C@H](O)CNCc2cccc(C(=O)N(C)C)c2)c1. The molecule has 3 rings (SSSR count). The first-order chi connectivity index (χ1) is 21.4. The molecule has 10 heteroatoms. The third-order valence-electron chi connectivity index (χ3n) is 7.28. The average Bonchev–Trinajstić information content (AvgIpc) is 2.99. The Morgan fingerprint density at radius 3 is 2.09 bits per heavy atom. The first-order valence-corrected chi connectivity index (χ1v) is 15.3. The van der Waals surface area contributed by atoms with Crippen molar-refractivity contribution in [3.05, 3.63) is 106 Å². The maximum Gasteiger partial charge on any atom is 0.253 e. The van der Waals surface area contributed by atoms with E-state index in [1.54, 1.807) is 56.3 Å². The molecule has 0 saturated heterocycles. The molecule has 3 aromatic rings. The Morgan fingerprint density at radius 1 is 0.822 bits per heavy atom. The molecule has 3 N–H and O–H groups in total. The molecule has 0 fully saturated rings. The molecular formula is C35H44F2N4O4. The van der Waals surface area contributed by atoms with E-state index in [9.17, 15) is 28.3 Å². The lowest BCUT2D eigenvalue weighted by Gasteiger charge is -2.25. The summed E-state index contributed by atoms with van der Waals surface area (Å²) in [6.45, 7) is 7.36. The van der Waals surface area contributed by atoms with Gasteiger partial charge in [0.1, 0.15) is 11.6 Å². The number of aliphatic hydroxyl groups excluding tert-OH is 1. The second kappa shape index (κ2) is 16.8. The zero-order valence-electron chi connectivity index (χ0n) is 26.7. The third-order valence-corrected chi connectivity index (χ3v) is 7.28. The van der Waals surface area contributed by atoms with E-state index in [1.807, 2.05) is 19.9 Å². The normalized spacial score (nSPS) is 12.4. The number of benzene rings is 3. The minimum absolute atomic E-state index is 0.0369. The molecule has 0 aliphatic heterocycles. The van der Waals surface area contributed by atoms with E-state index in [4.69, 9.17) is 0 Å². The van der Waals surface area contributed by atoms with Gasteiger partial charge in [0.15, 0.2) is 0 Å². The lowest BCUT2D eigenvalue weighted by atomic mass is 9.99. The Labute approximate surface area is 264 Å². The van der Waals surface area contributed by atoms with Gasteiger partial charge in [-0.25, -0.2) is 8.78 Å². The Morgan fingerprint density at radius 2 is 1.47 bits per heavy atom. The number of hydrogen-bond acceptors (Lipinski definition) is 5. The van der Waals surface area contributed by atoms with Gasteiger partial charge in [0.2, 0.25) is 0 Å². The molecule has 0 bridgehead atoms. The third kappa shape index (κ3) is 10.5. The second-order valence-electron chi connectivity index (χ2n) is 11.5. The smallest absolute Gasteiger partial charge is 0.253 e. The number of halogens is 2. The van der Waals surface area contributed by atoms with Crippen molar-refractivity contribution >= 4 is 17.7 Å². The average molecular weight is 623 g/mol. The van der Waals surface area contributed by atoms with Crippen LogP contribution >= 0.6 is 0 Å². The van der Waals surface area contributed by atoms with E-state index in [0.29, 0.717) is 30.8 Å². The summed E-state index contributed by atoms with van der Waals surface area (Å²) in [5.74, 6) is -2.35. The minimum atomic E-state index is -1.15. The van der Waals surface area contributed by atoms with Crippen LogP contribution in [-0.4, -0.2) is 78.5 Å². The van der Waals surface area contributed by atoms with Gasteiger partial charge in [0, 0.05) is 63.0 Å². The van der Waals surface area contributed by atoms with Gasteiger partial charge in [-0.1, -0.05) is 26.0 Å². The standard InChI is InChI=1S/C35H44F2N4O4/c1-6-11-41(12-7-2)35(45)28-14-23(3)13-27(19-28)33(43)39-31(18-25-16-29(36)20-30(37)17-25)32(42)22-38-21-24-9-8-10-26(15-24)34(44)40(4)5/h8-10,13-17,19-20,31-32,38,42H,6-7,11-12,18,21-22H2,1-5H3,(H,39,43)/t31-,32+/m0/s1.